The van der Waals surface area contributed by atoms with Crippen molar-refractivity contribution in [3.8, 4) is 11.5 Å². The third kappa shape index (κ3) is 3.02. The van der Waals surface area contributed by atoms with Crippen molar-refractivity contribution in [3.05, 3.63) is 40.6 Å². The summed E-state index contributed by atoms with van der Waals surface area (Å²) in [6, 6.07) is 6.38. The van der Waals surface area contributed by atoms with Crippen molar-refractivity contribution in [2.75, 3.05) is 6.54 Å². The van der Waals surface area contributed by atoms with Gasteiger partial charge in [-0.05, 0) is 55.9 Å². The molecule has 0 spiro atoms. The highest BCUT2D eigenvalue weighted by Crippen LogP contribution is 2.35. The van der Waals surface area contributed by atoms with Crippen LogP contribution in [0, 0.1) is 11.7 Å². The van der Waals surface area contributed by atoms with Gasteiger partial charge in [-0.15, -0.1) is 5.10 Å². The molecule has 0 N–H and O–H groups in total. The van der Waals surface area contributed by atoms with Crippen LogP contribution in [0.2, 0.25) is 0 Å². The van der Waals surface area contributed by atoms with E-state index in [0.717, 1.165) is 12.5 Å². The zero-order chi connectivity index (χ0) is 16.5. The van der Waals surface area contributed by atoms with E-state index < -0.39 is 5.76 Å². The number of hydrogen-bond donors (Lipinski definition) is 0. The van der Waals surface area contributed by atoms with Gasteiger partial charge in [0.05, 0.1) is 0 Å². The van der Waals surface area contributed by atoms with E-state index in [0.29, 0.717) is 18.3 Å². The van der Waals surface area contributed by atoms with Crippen molar-refractivity contribution in [2.45, 2.75) is 51.2 Å². The standard InChI is InChI=1S/C18H22FN3O2/c19-15-9-7-14(8-10-15)17-20-22(18(23)24-17)12-21-11-3-5-13-4-1-2-6-16(13)21/h7-10,13,16H,1-6,11-12H2/t13-,16-/m0/s1. The molecular weight excluding hydrogens is 309 g/mol. The van der Waals surface area contributed by atoms with Crippen LogP contribution in [-0.4, -0.2) is 27.3 Å². The van der Waals surface area contributed by atoms with Crippen molar-refractivity contribution < 1.29 is 8.81 Å². The van der Waals surface area contributed by atoms with Crippen LogP contribution in [-0.2, 0) is 6.67 Å². The van der Waals surface area contributed by atoms with Crippen molar-refractivity contribution in [2.24, 2.45) is 5.92 Å². The van der Waals surface area contributed by atoms with Crippen LogP contribution in [0.15, 0.2) is 33.5 Å². The summed E-state index contributed by atoms with van der Waals surface area (Å²) in [5, 5.41) is 4.31. The van der Waals surface area contributed by atoms with Crippen molar-refractivity contribution in [1.29, 1.82) is 0 Å². The second kappa shape index (κ2) is 6.51. The van der Waals surface area contributed by atoms with E-state index in [1.54, 1.807) is 12.1 Å². The Morgan fingerprint density at radius 3 is 2.71 bits per heavy atom. The topological polar surface area (TPSA) is 51.3 Å². The molecule has 4 rings (SSSR count). The van der Waals surface area contributed by atoms with Crippen LogP contribution < -0.4 is 5.76 Å². The molecule has 24 heavy (non-hydrogen) atoms. The molecule has 1 saturated heterocycles. The number of hydrogen-bond acceptors (Lipinski definition) is 4. The minimum Gasteiger partial charge on any atom is -0.388 e. The van der Waals surface area contributed by atoms with Crippen molar-refractivity contribution in [3.63, 3.8) is 0 Å². The Balaban J connectivity index is 1.54. The van der Waals surface area contributed by atoms with Gasteiger partial charge in [0.15, 0.2) is 0 Å². The summed E-state index contributed by atoms with van der Waals surface area (Å²) < 4.78 is 19.7. The van der Waals surface area contributed by atoms with E-state index in [4.69, 9.17) is 4.42 Å². The highest BCUT2D eigenvalue weighted by atomic mass is 19.1. The third-order valence-electron chi connectivity index (χ3n) is 5.37. The molecule has 6 heteroatoms. The summed E-state index contributed by atoms with van der Waals surface area (Å²) in [5.41, 5.74) is 0.612. The SMILES string of the molecule is O=c1oc(-c2ccc(F)cc2)nn1CN1CCC[C@@H]2CCCC[C@@H]21. The number of likely N-dealkylation sites (tertiary alicyclic amines) is 1. The molecule has 1 aromatic carbocycles. The number of benzene rings is 1. The smallest absolute Gasteiger partial charge is 0.388 e. The molecule has 2 aliphatic rings. The zero-order valence-corrected chi connectivity index (χ0v) is 13.7. The highest BCUT2D eigenvalue weighted by molar-refractivity contribution is 5.51. The normalized spacial score (nSPS) is 24.7. The van der Waals surface area contributed by atoms with E-state index in [1.165, 1.54) is 55.3 Å². The van der Waals surface area contributed by atoms with Crippen LogP contribution in [0.1, 0.15) is 38.5 Å². The molecule has 0 amide bonds. The monoisotopic (exact) mass is 331 g/mol. The summed E-state index contributed by atoms with van der Waals surface area (Å²) in [6.45, 7) is 1.48. The molecule has 2 atom stereocenters. The molecule has 128 valence electrons. The molecule has 0 radical (unpaired) electrons. The lowest BCUT2D eigenvalue weighted by molar-refractivity contribution is 0.0311. The molecule has 2 aromatic rings. The minimum atomic E-state index is -0.452. The number of piperidine rings is 1. The highest BCUT2D eigenvalue weighted by Gasteiger charge is 2.33. The summed E-state index contributed by atoms with van der Waals surface area (Å²) >= 11 is 0. The number of aromatic nitrogens is 2. The predicted molar refractivity (Wildman–Crippen MR) is 87.8 cm³/mol. The van der Waals surface area contributed by atoms with E-state index >= 15 is 0 Å². The predicted octanol–water partition coefficient (Wildman–Crippen LogP) is 3.25. The second-order valence-electron chi connectivity index (χ2n) is 6.89. The molecule has 0 unspecified atom stereocenters. The van der Waals surface area contributed by atoms with Gasteiger partial charge in [-0.3, -0.25) is 4.90 Å². The van der Waals surface area contributed by atoms with Gasteiger partial charge in [0.1, 0.15) is 12.5 Å². The molecule has 1 aliphatic carbocycles. The van der Waals surface area contributed by atoms with Crippen molar-refractivity contribution >= 4 is 0 Å². The maximum atomic E-state index is 13.0. The van der Waals surface area contributed by atoms with Crippen molar-refractivity contribution in [1.82, 2.24) is 14.7 Å². The number of nitrogens with zero attached hydrogens (tertiary/aromatic N) is 3. The molecule has 0 bridgehead atoms. The van der Waals surface area contributed by atoms with Gasteiger partial charge < -0.3 is 4.42 Å². The van der Waals surface area contributed by atoms with E-state index in [1.807, 2.05) is 0 Å². The lowest BCUT2D eigenvalue weighted by Crippen LogP contribution is -2.48. The lowest BCUT2D eigenvalue weighted by Gasteiger charge is -2.43. The first-order valence-corrected chi connectivity index (χ1v) is 8.78. The summed E-state index contributed by atoms with van der Waals surface area (Å²) in [4.78, 5) is 14.5. The van der Waals surface area contributed by atoms with Gasteiger partial charge in [0.25, 0.3) is 0 Å². The third-order valence-corrected chi connectivity index (χ3v) is 5.37. The summed E-state index contributed by atoms with van der Waals surface area (Å²) in [5.74, 6) is 0.230. The first-order chi connectivity index (χ1) is 11.7. The minimum absolute atomic E-state index is 0.247. The fourth-order valence-electron chi connectivity index (χ4n) is 4.18. The molecule has 2 fully saturated rings. The molecule has 5 nitrogen and oxygen atoms in total. The largest absolute Gasteiger partial charge is 0.438 e. The van der Waals surface area contributed by atoms with Crippen LogP contribution >= 0.6 is 0 Å². The summed E-state index contributed by atoms with van der Waals surface area (Å²) in [6.07, 6.45) is 7.59. The zero-order valence-electron chi connectivity index (χ0n) is 13.7. The van der Waals surface area contributed by atoms with Gasteiger partial charge >= 0.3 is 5.76 Å². The maximum Gasteiger partial charge on any atom is 0.438 e. The number of rotatable bonds is 3. The Bertz CT molecular complexity index is 750. The quantitative estimate of drug-likeness (QED) is 0.866. The Morgan fingerprint density at radius 2 is 1.88 bits per heavy atom. The molecule has 1 aromatic heterocycles. The summed E-state index contributed by atoms with van der Waals surface area (Å²) in [7, 11) is 0. The van der Waals surface area contributed by atoms with Crippen LogP contribution in [0.4, 0.5) is 4.39 Å². The first-order valence-electron chi connectivity index (χ1n) is 8.78. The molecule has 1 aliphatic heterocycles. The van der Waals surface area contributed by atoms with Gasteiger partial charge in [0.2, 0.25) is 5.89 Å². The fraction of sp³-hybridized carbons (Fsp3) is 0.556. The molecule has 1 saturated carbocycles. The molecular formula is C18H22FN3O2. The fourth-order valence-corrected chi connectivity index (χ4v) is 4.18. The van der Waals surface area contributed by atoms with Gasteiger partial charge in [-0.1, -0.05) is 12.8 Å². The van der Waals surface area contributed by atoms with Crippen LogP contribution in [0.5, 0.6) is 0 Å². The van der Waals surface area contributed by atoms with Crippen LogP contribution in [0.3, 0.4) is 0 Å². The van der Waals surface area contributed by atoms with E-state index in [-0.39, 0.29) is 11.7 Å². The molecule has 2 heterocycles. The average Bonchev–Trinajstić information content (AvgIpc) is 2.97. The van der Waals surface area contributed by atoms with Gasteiger partial charge in [-0.2, -0.15) is 4.68 Å². The van der Waals surface area contributed by atoms with Crippen LogP contribution in [0.25, 0.3) is 11.5 Å². The average molecular weight is 331 g/mol. The number of halogens is 1. The van der Waals surface area contributed by atoms with Gasteiger partial charge in [-0.25, -0.2) is 9.18 Å². The number of fused-ring (bicyclic) bond motifs is 1. The lowest BCUT2D eigenvalue weighted by atomic mass is 9.78. The second-order valence-corrected chi connectivity index (χ2v) is 6.89. The Labute approximate surface area is 140 Å². The van der Waals surface area contributed by atoms with Gasteiger partial charge in [0, 0.05) is 18.2 Å². The van der Waals surface area contributed by atoms with E-state index in [9.17, 15) is 9.18 Å². The van der Waals surface area contributed by atoms with E-state index in [2.05, 4.69) is 10.00 Å². The Kier molecular flexibility index (Phi) is 4.22. The maximum absolute atomic E-state index is 13.0. The first kappa shape index (κ1) is 15.6. The Hall–Kier alpha value is -1.95. The Morgan fingerprint density at radius 1 is 1.12 bits per heavy atom.